The molecular formula is C20H26FN3O2. The normalized spacial score (nSPS) is 14.7. The highest BCUT2D eigenvalue weighted by Gasteiger charge is 2.31. The Morgan fingerprint density at radius 3 is 2.73 bits per heavy atom. The fraction of sp³-hybridized carbons (Fsp3) is 0.500. The van der Waals surface area contributed by atoms with Gasteiger partial charge in [0.2, 0.25) is 5.91 Å². The Bertz CT molecular complexity index is 841. The number of hydrogen-bond acceptors (Lipinski definition) is 2. The van der Waals surface area contributed by atoms with Crippen molar-refractivity contribution in [3.63, 3.8) is 0 Å². The maximum absolute atomic E-state index is 13.9. The van der Waals surface area contributed by atoms with E-state index >= 15 is 0 Å². The molecule has 2 aromatic rings. The number of nitrogens with one attached hydrogen (secondary N) is 1. The van der Waals surface area contributed by atoms with E-state index < -0.39 is 0 Å². The van der Waals surface area contributed by atoms with E-state index in [1.54, 1.807) is 11.0 Å². The lowest BCUT2D eigenvalue weighted by Crippen LogP contribution is -2.31. The van der Waals surface area contributed by atoms with Gasteiger partial charge in [-0.25, -0.2) is 4.39 Å². The summed E-state index contributed by atoms with van der Waals surface area (Å²) in [4.78, 5) is 27.0. The fourth-order valence-corrected chi connectivity index (χ4v) is 3.58. The summed E-state index contributed by atoms with van der Waals surface area (Å²) in [5, 5.41) is 3.59. The van der Waals surface area contributed by atoms with Crippen molar-refractivity contribution in [1.82, 2.24) is 9.88 Å². The Balaban J connectivity index is 2.12. The number of anilines is 1. The summed E-state index contributed by atoms with van der Waals surface area (Å²) in [7, 11) is 0. The first-order valence-corrected chi connectivity index (χ1v) is 9.34. The third kappa shape index (κ3) is 3.32. The van der Waals surface area contributed by atoms with Gasteiger partial charge in [-0.3, -0.25) is 9.59 Å². The lowest BCUT2D eigenvalue weighted by atomic mass is 10.1. The van der Waals surface area contributed by atoms with E-state index in [4.69, 9.17) is 0 Å². The summed E-state index contributed by atoms with van der Waals surface area (Å²) in [6.45, 7) is 7.85. The van der Waals surface area contributed by atoms with Crippen LogP contribution in [0.25, 0.3) is 10.9 Å². The number of amides is 2. The number of aryl methyl sites for hydroxylation is 1. The van der Waals surface area contributed by atoms with Crippen molar-refractivity contribution in [1.29, 1.82) is 0 Å². The molecule has 3 rings (SSSR count). The van der Waals surface area contributed by atoms with Crippen molar-refractivity contribution < 1.29 is 14.0 Å². The monoisotopic (exact) mass is 359 g/mol. The Labute approximate surface area is 153 Å². The lowest BCUT2D eigenvalue weighted by Gasteiger charge is -2.18. The van der Waals surface area contributed by atoms with Gasteiger partial charge < -0.3 is 14.8 Å². The first-order valence-electron chi connectivity index (χ1n) is 9.34. The largest absolute Gasteiger partial charge is 0.351 e. The topological polar surface area (TPSA) is 54.3 Å². The van der Waals surface area contributed by atoms with Crippen LogP contribution < -0.4 is 10.2 Å². The number of carbonyl (C=O) groups is 2. The molecule has 1 aromatic carbocycles. The zero-order valence-corrected chi connectivity index (χ0v) is 15.6. The number of nitrogens with zero attached hydrogens (tertiary/aromatic N) is 2. The number of fused-ring (bicyclic) bond motifs is 1. The van der Waals surface area contributed by atoms with Gasteiger partial charge in [0.15, 0.2) is 0 Å². The third-order valence-electron chi connectivity index (χ3n) is 4.88. The molecule has 1 aliphatic rings. The van der Waals surface area contributed by atoms with Gasteiger partial charge in [-0.05, 0) is 43.9 Å². The van der Waals surface area contributed by atoms with Crippen molar-refractivity contribution in [2.75, 3.05) is 18.0 Å². The van der Waals surface area contributed by atoms with Gasteiger partial charge in [-0.15, -0.1) is 0 Å². The molecular weight excluding hydrogens is 333 g/mol. The van der Waals surface area contributed by atoms with Gasteiger partial charge >= 0.3 is 0 Å². The smallest absolute Gasteiger partial charge is 0.270 e. The lowest BCUT2D eigenvalue weighted by molar-refractivity contribution is -0.117. The van der Waals surface area contributed by atoms with Gasteiger partial charge in [-0.2, -0.15) is 0 Å². The Kier molecular flexibility index (Phi) is 5.30. The van der Waals surface area contributed by atoms with Crippen LogP contribution in [-0.2, 0) is 11.3 Å². The van der Waals surface area contributed by atoms with Crippen molar-refractivity contribution in [3.05, 3.63) is 29.7 Å². The molecule has 0 saturated carbocycles. The maximum Gasteiger partial charge on any atom is 0.270 e. The second-order valence-electron chi connectivity index (χ2n) is 7.19. The van der Waals surface area contributed by atoms with E-state index in [9.17, 15) is 14.0 Å². The molecule has 0 aliphatic carbocycles. The molecule has 1 aliphatic heterocycles. The van der Waals surface area contributed by atoms with Crippen molar-refractivity contribution >= 4 is 28.4 Å². The fourth-order valence-electron chi connectivity index (χ4n) is 3.58. The average molecular weight is 359 g/mol. The molecule has 1 saturated heterocycles. The number of carbonyl (C=O) groups excluding carboxylic acids is 2. The highest BCUT2D eigenvalue weighted by atomic mass is 19.1. The first-order chi connectivity index (χ1) is 12.4. The average Bonchev–Trinajstić information content (AvgIpc) is 3.14. The number of halogens is 1. The molecule has 0 atom stereocenters. The zero-order valence-electron chi connectivity index (χ0n) is 15.6. The first kappa shape index (κ1) is 18.4. The Morgan fingerprint density at radius 1 is 1.35 bits per heavy atom. The van der Waals surface area contributed by atoms with Crippen LogP contribution in [0.2, 0.25) is 0 Å². The number of rotatable bonds is 6. The van der Waals surface area contributed by atoms with Crippen LogP contribution in [0.5, 0.6) is 0 Å². The van der Waals surface area contributed by atoms with Gasteiger partial charge in [0.1, 0.15) is 11.5 Å². The summed E-state index contributed by atoms with van der Waals surface area (Å²) < 4.78 is 15.8. The Hall–Kier alpha value is -2.37. The highest BCUT2D eigenvalue weighted by molar-refractivity contribution is 6.14. The van der Waals surface area contributed by atoms with E-state index in [-0.39, 0.29) is 17.6 Å². The molecule has 140 valence electrons. The summed E-state index contributed by atoms with van der Waals surface area (Å²) in [6.07, 6.45) is 2.09. The van der Waals surface area contributed by atoms with Crippen LogP contribution in [0.15, 0.2) is 18.2 Å². The van der Waals surface area contributed by atoms with Gasteiger partial charge in [0.25, 0.3) is 5.91 Å². The molecule has 0 unspecified atom stereocenters. The molecule has 5 nitrogen and oxygen atoms in total. The Morgan fingerprint density at radius 2 is 2.12 bits per heavy atom. The summed E-state index contributed by atoms with van der Waals surface area (Å²) in [5.41, 5.74) is 1.77. The third-order valence-corrected chi connectivity index (χ3v) is 4.88. The van der Waals surface area contributed by atoms with E-state index in [1.807, 2.05) is 11.5 Å². The number of hydrogen-bond donors (Lipinski definition) is 1. The maximum atomic E-state index is 13.9. The molecule has 26 heavy (non-hydrogen) atoms. The van der Waals surface area contributed by atoms with E-state index in [2.05, 4.69) is 19.2 Å². The number of aromatic nitrogens is 1. The summed E-state index contributed by atoms with van der Waals surface area (Å²) in [5.74, 6) is -0.106. The van der Waals surface area contributed by atoms with Crippen LogP contribution in [0, 0.1) is 11.7 Å². The predicted molar refractivity (Wildman–Crippen MR) is 101 cm³/mol. The molecule has 1 aromatic heterocycles. The van der Waals surface area contributed by atoms with Crippen molar-refractivity contribution in [2.45, 2.75) is 46.6 Å². The highest BCUT2D eigenvalue weighted by Crippen LogP contribution is 2.37. The van der Waals surface area contributed by atoms with E-state index in [1.165, 1.54) is 12.1 Å². The van der Waals surface area contributed by atoms with Crippen LogP contribution in [0.1, 0.15) is 50.5 Å². The minimum Gasteiger partial charge on any atom is -0.351 e. The molecule has 1 N–H and O–H groups in total. The molecule has 0 spiro atoms. The van der Waals surface area contributed by atoms with Gasteiger partial charge in [0.05, 0.1) is 11.2 Å². The predicted octanol–water partition coefficient (Wildman–Crippen LogP) is 3.70. The minimum absolute atomic E-state index is 0.0133. The molecule has 6 heteroatoms. The molecule has 0 radical (unpaired) electrons. The van der Waals surface area contributed by atoms with E-state index in [0.717, 1.165) is 18.4 Å². The second-order valence-corrected chi connectivity index (χ2v) is 7.19. The van der Waals surface area contributed by atoms with Crippen LogP contribution in [-0.4, -0.2) is 29.5 Å². The number of benzene rings is 1. The van der Waals surface area contributed by atoms with Crippen molar-refractivity contribution in [3.8, 4) is 0 Å². The summed E-state index contributed by atoms with van der Waals surface area (Å²) in [6, 6.07) is 4.50. The standard InChI is InChI=1S/C20H26FN3O2/c1-4-23-16-8-7-14(21)12-15(16)18(24-11-5-6-17(24)25)19(23)20(26)22-10-9-13(2)3/h7-8,12-13H,4-6,9-11H2,1-3H3,(H,22,26). The van der Waals surface area contributed by atoms with E-state index in [0.29, 0.717) is 48.7 Å². The second kappa shape index (κ2) is 7.48. The molecule has 2 amide bonds. The summed E-state index contributed by atoms with van der Waals surface area (Å²) >= 11 is 0. The van der Waals surface area contributed by atoms with Crippen LogP contribution in [0.3, 0.4) is 0 Å². The SMILES string of the molecule is CCn1c(C(=O)NCCC(C)C)c(N2CCCC2=O)c2cc(F)ccc21. The quantitative estimate of drug-likeness (QED) is 0.855. The molecule has 2 heterocycles. The van der Waals surface area contributed by atoms with Gasteiger partial charge in [-0.1, -0.05) is 13.8 Å². The van der Waals surface area contributed by atoms with Crippen LogP contribution in [0.4, 0.5) is 10.1 Å². The van der Waals surface area contributed by atoms with Gasteiger partial charge in [0, 0.05) is 31.4 Å². The molecule has 1 fully saturated rings. The van der Waals surface area contributed by atoms with Crippen LogP contribution >= 0.6 is 0 Å². The minimum atomic E-state index is -0.370. The van der Waals surface area contributed by atoms with Crippen molar-refractivity contribution in [2.24, 2.45) is 5.92 Å². The molecule has 0 bridgehead atoms. The zero-order chi connectivity index (χ0) is 18.8.